The Morgan fingerprint density at radius 2 is 1.94 bits per heavy atom. The fourth-order valence-electron chi connectivity index (χ4n) is 3.53. The largest absolute Gasteiger partial charge is 0.320 e. The Labute approximate surface area is 113 Å². The molecule has 2 rings (SSSR count). The summed E-state index contributed by atoms with van der Waals surface area (Å²) in [5, 5.41) is 3.22. The standard InChI is InChI=1S/C15H31N3/c1-14-12-18-11-7-8-15(18)13-17(14)10-6-4-3-5-9-16-2/h14-16H,3-13H2,1-2H3. The molecule has 0 aliphatic carbocycles. The molecule has 0 spiro atoms. The maximum Gasteiger partial charge on any atom is 0.0224 e. The fraction of sp³-hybridized carbons (Fsp3) is 1.00. The summed E-state index contributed by atoms with van der Waals surface area (Å²) in [4.78, 5) is 5.46. The van der Waals surface area contributed by atoms with Crippen molar-refractivity contribution in [2.75, 3.05) is 39.8 Å². The van der Waals surface area contributed by atoms with Crippen LogP contribution < -0.4 is 5.32 Å². The van der Waals surface area contributed by atoms with Crippen LogP contribution in [-0.4, -0.2) is 61.7 Å². The summed E-state index contributed by atoms with van der Waals surface area (Å²) >= 11 is 0. The van der Waals surface area contributed by atoms with Crippen LogP contribution in [0.1, 0.15) is 45.4 Å². The van der Waals surface area contributed by atoms with Gasteiger partial charge in [-0.3, -0.25) is 9.80 Å². The Hall–Kier alpha value is -0.120. The van der Waals surface area contributed by atoms with Crippen molar-refractivity contribution in [2.45, 2.75) is 57.5 Å². The Morgan fingerprint density at radius 1 is 1.11 bits per heavy atom. The molecule has 1 N–H and O–H groups in total. The lowest BCUT2D eigenvalue weighted by atomic mass is 10.1. The number of hydrogen-bond donors (Lipinski definition) is 1. The van der Waals surface area contributed by atoms with E-state index in [0.717, 1.165) is 12.1 Å². The third-order valence-corrected chi connectivity index (χ3v) is 4.69. The molecule has 2 saturated heterocycles. The number of rotatable bonds is 7. The van der Waals surface area contributed by atoms with Gasteiger partial charge in [0.15, 0.2) is 0 Å². The third-order valence-electron chi connectivity index (χ3n) is 4.69. The summed E-state index contributed by atoms with van der Waals surface area (Å²) in [5.74, 6) is 0. The van der Waals surface area contributed by atoms with Gasteiger partial charge in [0.25, 0.3) is 0 Å². The van der Waals surface area contributed by atoms with Crippen LogP contribution >= 0.6 is 0 Å². The van der Waals surface area contributed by atoms with Gasteiger partial charge < -0.3 is 5.32 Å². The van der Waals surface area contributed by atoms with Gasteiger partial charge in [0, 0.05) is 25.2 Å². The van der Waals surface area contributed by atoms with Crippen LogP contribution in [0.4, 0.5) is 0 Å². The number of unbranched alkanes of at least 4 members (excludes halogenated alkanes) is 3. The summed E-state index contributed by atoms with van der Waals surface area (Å²) < 4.78 is 0. The topological polar surface area (TPSA) is 18.5 Å². The van der Waals surface area contributed by atoms with E-state index in [9.17, 15) is 0 Å². The zero-order chi connectivity index (χ0) is 12.8. The molecule has 2 fully saturated rings. The molecule has 2 atom stereocenters. The molecular formula is C15H31N3. The Kier molecular flexibility index (Phi) is 5.93. The summed E-state index contributed by atoms with van der Waals surface area (Å²) in [6.45, 7) is 8.91. The molecule has 0 bridgehead atoms. The van der Waals surface area contributed by atoms with E-state index in [1.807, 2.05) is 7.05 Å². The highest BCUT2D eigenvalue weighted by atomic mass is 15.3. The smallest absolute Gasteiger partial charge is 0.0224 e. The van der Waals surface area contributed by atoms with Gasteiger partial charge in [-0.2, -0.15) is 0 Å². The van der Waals surface area contributed by atoms with Crippen molar-refractivity contribution in [1.29, 1.82) is 0 Å². The van der Waals surface area contributed by atoms with Crippen LogP contribution in [0.3, 0.4) is 0 Å². The van der Waals surface area contributed by atoms with E-state index in [-0.39, 0.29) is 0 Å². The molecule has 0 aromatic carbocycles. The van der Waals surface area contributed by atoms with E-state index in [1.165, 1.54) is 71.2 Å². The first-order valence-corrected chi connectivity index (χ1v) is 7.94. The minimum atomic E-state index is 0.775. The van der Waals surface area contributed by atoms with Crippen LogP contribution in [0.25, 0.3) is 0 Å². The first-order valence-electron chi connectivity index (χ1n) is 7.94. The maximum atomic E-state index is 3.22. The van der Waals surface area contributed by atoms with E-state index >= 15 is 0 Å². The van der Waals surface area contributed by atoms with E-state index in [1.54, 1.807) is 0 Å². The van der Waals surface area contributed by atoms with Gasteiger partial charge in [0.05, 0.1) is 0 Å². The predicted octanol–water partition coefficient (Wildman–Crippen LogP) is 1.93. The number of nitrogens with one attached hydrogen (secondary N) is 1. The lowest BCUT2D eigenvalue weighted by Crippen LogP contribution is -2.54. The Balaban J connectivity index is 1.60. The molecule has 0 aromatic rings. The lowest BCUT2D eigenvalue weighted by Gasteiger charge is -2.42. The highest BCUT2D eigenvalue weighted by Crippen LogP contribution is 2.24. The summed E-state index contributed by atoms with van der Waals surface area (Å²) in [6, 6.07) is 1.65. The van der Waals surface area contributed by atoms with Crippen molar-refractivity contribution in [1.82, 2.24) is 15.1 Å². The first-order chi connectivity index (χ1) is 8.81. The van der Waals surface area contributed by atoms with Gasteiger partial charge in [0.1, 0.15) is 0 Å². The normalized spacial score (nSPS) is 29.7. The van der Waals surface area contributed by atoms with Crippen LogP contribution in [-0.2, 0) is 0 Å². The average Bonchev–Trinajstić information content (AvgIpc) is 2.80. The van der Waals surface area contributed by atoms with Gasteiger partial charge in [-0.05, 0) is 59.3 Å². The highest BCUT2D eigenvalue weighted by Gasteiger charge is 2.33. The van der Waals surface area contributed by atoms with Crippen LogP contribution in [0, 0.1) is 0 Å². The molecule has 0 saturated carbocycles. The van der Waals surface area contributed by atoms with Gasteiger partial charge in [-0.25, -0.2) is 0 Å². The molecule has 18 heavy (non-hydrogen) atoms. The summed E-state index contributed by atoms with van der Waals surface area (Å²) in [7, 11) is 2.04. The number of nitrogens with zero attached hydrogens (tertiary/aromatic N) is 2. The molecule has 2 aliphatic heterocycles. The molecule has 2 unspecified atom stereocenters. The molecule has 3 nitrogen and oxygen atoms in total. The van der Waals surface area contributed by atoms with Crippen LogP contribution in [0.15, 0.2) is 0 Å². The molecule has 2 heterocycles. The van der Waals surface area contributed by atoms with Gasteiger partial charge in [-0.15, -0.1) is 0 Å². The molecule has 2 aliphatic rings. The third kappa shape index (κ3) is 3.94. The van der Waals surface area contributed by atoms with E-state index in [2.05, 4.69) is 22.0 Å². The average molecular weight is 253 g/mol. The predicted molar refractivity (Wildman–Crippen MR) is 78.0 cm³/mol. The van der Waals surface area contributed by atoms with Crippen molar-refractivity contribution < 1.29 is 0 Å². The minimum absolute atomic E-state index is 0.775. The molecule has 3 heteroatoms. The minimum Gasteiger partial charge on any atom is -0.320 e. The summed E-state index contributed by atoms with van der Waals surface area (Å²) in [6.07, 6.45) is 8.38. The van der Waals surface area contributed by atoms with Crippen LogP contribution in [0.5, 0.6) is 0 Å². The quantitative estimate of drug-likeness (QED) is 0.700. The Bertz CT molecular complexity index is 232. The van der Waals surface area contributed by atoms with Crippen molar-refractivity contribution in [3.63, 3.8) is 0 Å². The van der Waals surface area contributed by atoms with E-state index in [0.29, 0.717) is 0 Å². The first kappa shape index (κ1) is 14.3. The van der Waals surface area contributed by atoms with Gasteiger partial charge in [-0.1, -0.05) is 12.8 Å². The fourth-order valence-corrected chi connectivity index (χ4v) is 3.53. The second-order valence-electron chi connectivity index (χ2n) is 6.15. The SMILES string of the molecule is CNCCCCCCN1CC2CCCN2CC1C. The zero-order valence-electron chi connectivity index (χ0n) is 12.3. The van der Waals surface area contributed by atoms with Crippen LogP contribution in [0.2, 0.25) is 0 Å². The van der Waals surface area contributed by atoms with Crippen molar-refractivity contribution in [3.05, 3.63) is 0 Å². The lowest BCUT2D eigenvalue weighted by molar-refractivity contribution is 0.0583. The summed E-state index contributed by atoms with van der Waals surface area (Å²) in [5.41, 5.74) is 0. The Morgan fingerprint density at radius 3 is 2.78 bits per heavy atom. The van der Waals surface area contributed by atoms with Gasteiger partial charge in [0.2, 0.25) is 0 Å². The number of fused-ring (bicyclic) bond motifs is 1. The van der Waals surface area contributed by atoms with Crippen molar-refractivity contribution in [3.8, 4) is 0 Å². The second kappa shape index (κ2) is 7.46. The van der Waals surface area contributed by atoms with Crippen molar-refractivity contribution >= 4 is 0 Å². The van der Waals surface area contributed by atoms with E-state index in [4.69, 9.17) is 0 Å². The van der Waals surface area contributed by atoms with Gasteiger partial charge >= 0.3 is 0 Å². The second-order valence-corrected chi connectivity index (χ2v) is 6.15. The number of hydrogen-bond acceptors (Lipinski definition) is 3. The van der Waals surface area contributed by atoms with E-state index < -0.39 is 0 Å². The highest BCUT2D eigenvalue weighted by molar-refractivity contribution is 4.90. The maximum absolute atomic E-state index is 3.22. The zero-order valence-corrected chi connectivity index (χ0v) is 12.3. The number of piperazine rings is 1. The molecule has 0 amide bonds. The molecule has 0 aromatic heterocycles. The molecular weight excluding hydrogens is 222 g/mol. The molecule has 106 valence electrons. The van der Waals surface area contributed by atoms with Crippen molar-refractivity contribution in [2.24, 2.45) is 0 Å². The monoisotopic (exact) mass is 253 g/mol. The molecule has 0 radical (unpaired) electrons.